The van der Waals surface area contributed by atoms with Crippen molar-refractivity contribution in [2.24, 2.45) is 0 Å². The minimum Gasteiger partial charge on any atom is -0.491 e. The number of methoxy groups -OCH3 is 1. The molecule has 0 saturated carbocycles. The molecule has 0 aliphatic rings. The lowest BCUT2D eigenvalue weighted by atomic mass is 10.2. The summed E-state index contributed by atoms with van der Waals surface area (Å²) in [6.07, 6.45) is 1.55. The summed E-state index contributed by atoms with van der Waals surface area (Å²) < 4.78 is 26.3. The average molecular weight is 432 g/mol. The second-order valence-corrected chi connectivity index (χ2v) is 7.55. The maximum Gasteiger partial charge on any atom is 0.316 e. The van der Waals surface area contributed by atoms with Crippen LogP contribution in [0.25, 0.3) is 0 Å². The van der Waals surface area contributed by atoms with Gasteiger partial charge in [0.2, 0.25) is 11.7 Å². The minimum absolute atomic E-state index is 0.0237. The highest BCUT2D eigenvalue weighted by molar-refractivity contribution is 6.30. The Hall–Kier alpha value is -3.06. The number of hydrogen-bond acceptors (Lipinski definition) is 5. The number of hydrogen-bond donors (Lipinski definition) is 1. The van der Waals surface area contributed by atoms with Gasteiger partial charge in [-0.05, 0) is 56.2 Å². The van der Waals surface area contributed by atoms with Gasteiger partial charge in [-0.15, -0.1) is 0 Å². The number of benzene rings is 2. The van der Waals surface area contributed by atoms with Crippen molar-refractivity contribution in [1.29, 1.82) is 0 Å². The lowest BCUT2D eigenvalue weighted by Gasteiger charge is -2.18. The van der Waals surface area contributed by atoms with E-state index in [1.165, 1.54) is 25.4 Å². The molecule has 1 aromatic heterocycles. The Morgan fingerprint density at radius 1 is 1.23 bits per heavy atom. The normalized spacial score (nSPS) is 10.9. The molecular formula is C22H23ClFN3O3. The number of aromatic nitrogens is 2. The van der Waals surface area contributed by atoms with Crippen LogP contribution in [0.2, 0.25) is 5.02 Å². The van der Waals surface area contributed by atoms with Crippen LogP contribution in [0.3, 0.4) is 0 Å². The number of anilines is 2. The molecule has 1 N–H and O–H groups in total. The molecule has 0 spiro atoms. The molecule has 0 unspecified atom stereocenters. The van der Waals surface area contributed by atoms with Crippen LogP contribution in [0.4, 0.5) is 16.0 Å². The SMILES string of the molecule is COc1cn(Cc2cc(F)cc(Cl)c2)c(Nc2cc(OC(C)C)ccc2C)nc1=O. The van der Waals surface area contributed by atoms with Crippen molar-refractivity contribution in [3.05, 3.63) is 74.9 Å². The van der Waals surface area contributed by atoms with Crippen molar-refractivity contribution in [3.63, 3.8) is 0 Å². The van der Waals surface area contributed by atoms with Gasteiger partial charge in [0, 0.05) is 16.8 Å². The zero-order valence-electron chi connectivity index (χ0n) is 17.2. The highest BCUT2D eigenvalue weighted by atomic mass is 35.5. The van der Waals surface area contributed by atoms with Gasteiger partial charge in [-0.1, -0.05) is 17.7 Å². The Morgan fingerprint density at radius 2 is 2.00 bits per heavy atom. The Morgan fingerprint density at radius 3 is 2.67 bits per heavy atom. The summed E-state index contributed by atoms with van der Waals surface area (Å²) in [7, 11) is 1.39. The zero-order valence-corrected chi connectivity index (χ0v) is 18.0. The molecule has 0 radical (unpaired) electrons. The van der Waals surface area contributed by atoms with Gasteiger partial charge in [0.25, 0.3) is 0 Å². The van der Waals surface area contributed by atoms with Gasteiger partial charge in [0.05, 0.1) is 26.0 Å². The molecule has 0 amide bonds. The van der Waals surface area contributed by atoms with Gasteiger partial charge in [0.1, 0.15) is 11.6 Å². The first-order valence-electron chi connectivity index (χ1n) is 9.40. The summed E-state index contributed by atoms with van der Waals surface area (Å²) in [4.78, 5) is 16.4. The quantitative estimate of drug-likeness (QED) is 0.574. The first-order valence-corrected chi connectivity index (χ1v) is 9.77. The molecular weight excluding hydrogens is 409 g/mol. The van der Waals surface area contributed by atoms with Crippen LogP contribution in [0.5, 0.6) is 11.5 Å². The van der Waals surface area contributed by atoms with Gasteiger partial charge >= 0.3 is 5.56 Å². The molecule has 158 valence electrons. The van der Waals surface area contributed by atoms with E-state index in [1.807, 2.05) is 39.0 Å². The fourth-order valence-corrected chi connectivity index (χ4v) is 3.18. The summed E-state index contributed by atoms with van der Waals surface area (Å²) in [5.41, 5.74) is 1.78. The first-order chi connectivity index (χ1) is 14.2. The van der Waals surface area contributed by atoms with Gasteiger partial charge in [-0.25, -0.2) is 4.39 Å². The third-order valence-corrected chi connectivity index (χ3v) is 4.50. The van der Waals surface area contributed by atoms with Crippen LogP contribution >= 0.6 is 11.6 Å². The van der Waals surface area contributed by atoms with Crippen LogP contribution in [0.15, 0.2) is 47.4 Å². The molecule has 1 heterocycles. The van der Waals surface area contributed by atoms with Gasteiger partial charge in [0.15, 0.2) is 0 Å². The van der Waals surface area contributed by atoms with Crippen LogP contribution in [-0.2, 0) is 6.54 Å². The Balaban J connectivity index is 2.02. The average Bonchev–Trinajstić information content (AvgIpc) is 2.65. The van der Waals surface area contributed by atoms with Crippen LogP contribution in [0.1, 0.15) is 25.0 Å². The van der Waals surface area contributed by atoms with E-state index in [1.54, 1.807) is 10.6 Å². The van der Waals surface area contributed by atoms with Crippen molar-refractivity contribution in [3.8, 4) is 11.5 Å². The maximum atomic E-state index is 13.8. The third kappa shape index (κ3) is 5.30. The lowest BCUT2D eigenvalue weighted by molar-refractivity contribution is 0.242. The standard InChI is InChI=1S/C22H23ClFN3O3/c1-13(2)30-18-6-5-14(3)19(10-18)25-22-26-21(28)20(29-4)12-27(22)11-15-7-16(23)9-17(24)8-15/h5-10,12-13H,11H2,1-4H3,(H,25,26,28). The molecule has 8 heteroatoms. The molecule has 3 aromatic rings. The fourth-order valence-electron chi connectivity index (χ4n) is 2.93. The molecule has 0 aliphatic heterocycles. The molecule has 2 aromatic carbocycles. The second kappa shape index (κ2) is 9.17. The molecule has 30 heavy (non-hydrogen) atoms. The first kappa shape index (κ1) is 21.6. The van der Waals surface area contributed by atoms with Crippen LogP contribution in [-0.4, -0.2) is 22.8 Å². The predicted molar refractivity (Wildman–Crippen MR) is 116 cm³/mol. The van der Waals surface area contributed by atoms with Gasteiger partial charge in [-0.2, -0.15) is 4.98 Å². The minimum atomic E-state index is -0.513. The van der Waals surface area contributed by atoms with Crippen LogP contribution < -0.4 is 20.3 Å². The number of rotatable bonds is 7. The highest BCUT2D eigenvalue weighted by Crippen LogP contribution is 2.26. The smallest absolute Gasteiger partial charge is 0.316 e. The summed E-state index contributed by atoms with van der Waals surface area (Å²) in [6.45, 7) is 6.05. The van der Waals surface area contributed by atoms with Gasteiger partial charge < -0.3 is 19.4 Å². The van der Waals surface area contributed by atoms with E-state index in [4.69, 9.17) is 21.1 Å². The topological polar surface area (TPSA) is 65.4 Å². The fraction of sp³-hybridized carbons (Fsp3) is 0.273. The number of nitrogens with one attached hydrogen (secondary N) is 1. The predicted octanol–water partition coefficient (Wildman–Crippen LogP) is 4.93. The zero-order chi connectivity index (χ0) is 21.8. The summed E-state index contributed by atoms with van der Waals surface area (Å²) >= 11 is 5.98. The van der Waals surface area contributed by atoms with Crippen molar-refractivity contribution in [2.45, 2.75) is 33.4 Å². The van der Waals surface area contributed by atoms with E-state index in [0.717, 1.165) is 11.3 Å². The Bertz CT molecular complexity index is 1100. The molecule has 6 nitrogen and oxygen atoms in total. The largest absolute Gasteiger partial charge is 0.491 e. The number of aryl methyl sites for hydroxylation is 1. The summed E-state index contributed by atoms with van der Waals surface area (Å²) in [6, 6.07) is 9.90. The molecule has 0 saturated heterocycles. The Labute approximate surface area is 179 Å². The molecule has 0 aliphatic carbocycles. The monoisotopic (exact) mass is 431 g/mol. The number of nitrogens with zero attached hydrogens (tertiary/aromatic N) is 2. The van der Waals surface area contributed by atoms with Crippen molar-refractivity contribution in [1.82, 2.24) is 9.55 Å². The number of ether oxygens (including phenoxy) is 2. The van der Waals surface area contributed by atoms with Crippen molar-refractivity contribution < 1.29 is 13.9 Å². The van der Waals surface area contributed by atoms with Crippen molar-refractivity contribution in [2.75, 3.05) is 12.4 Å². The van der Waals surface area contributed by atoms with E-state index in [-0.39, 0.29) is 29.4 Å². The van der Waals surface area contributed by atoms with E-state index in [0.29, 0.717) is 11.3 Å². The Kier molecular flexibility index (Phi) is 6.62. The van der Waals surface area contributed by atoms with Gasteiger partial charge in [-0.3, -0.25) is 4.79 Å². The van der Waals surface area contributed by atoms with Crippen LogP contribution in [0, 0.1) is 12.7 Å². The molecule has 0 atom stereocenters. The summed E-state index contributed by atoms with van der Waals surface area (Å²) in [5, 5.41) is 3.47. The highest BCUT2D eigenvalue weighted by Gasteiger charge is 2.13. The van der Waals surface area contributed by atoms with E-state index in [2.05, 4.69) is 10.3 Å². The lowest BCUT2D eigenvalue weighted by Crippen LogP contribution is -2.19. The van der Waals surface area contributed by atoms with E-state index in [9.17, 15) is 9.18 Å². The third-order valence-electron chi connectivity index (χ3n) is 4.29. The van der Waals surface area contributed by atoms with E-state index >= 15 is 0 Å². The van der Waals surface area contributed by atoms with E-state index < -0.39 is 11.4 Å². The molecule has 0 fully saturated rings. The number of halogens is 2. The molecule has 0 bridgehead atoms. The maximum absolute atomic E-state index is 13.8. The van der Waals surface area contributed by atoms with Crippen molar-refractivity contribution >= 4 is 23.2 Å². The second-order valence-electron chi connectivity index (χ2n) is 7.11. The molecule has 3 rings (SSSR count). The summed E-state index contributed by atoms with van der Waals surface area (Å²) in [5.74, 6) is 0.613.